The molecule has 0 atom stereocenters. The van der Waals surface area contributed by atoms with Crippen molar-refractivity contribution in [3.8, 4) is 11.5 Å². The van der Waals surface area contributed by atoms with Crippen LogP contribution in [0.25, 0.3) is 22.4 Å². The van der Waals surface area contributed by atoms with Gasteiger partial charge in [0.15, 0.2) is 21.3 Å². The molecule has 0 aliphatic heterocycles. The molecule has 0 aliphatic rings. The van der Waals surface area contributed by atoms with Crippen molar-refractivity contribution in [1.29, 1.82) is 0 Å². The highest BCUT2D eigenvalue weighted by atomic mass is 32.2. The Hall–Kier alpha value is -3.82. The molecule has 0 aliphatic carbocycles. The van der Waals surface area contributed by atoms with E-state index in [0.717, 1.165) is 29.3 Å². The summed E-state index contributed by atoms with van der Waals surface area (Å²) < 4.78 is 104. The molecule has 184 valence electrons. The maximum atomic E-state index is 12.9. The maximum Gasteiger partial charge on any atom is 0.435 e. The van der Waals surface area contributed by atoms with Gasteiger partial charge in [0, 0.05) is 17.8 Å². The minimum Gasteiger partial charge on any atom is -0.265 e. The Morgan fingerprint density at radius 1 is 0.971 bits per heavy atom. The van der Waals surface area contributed by atoms with Gasteiger partial charge in [-0.2, -0.15) is 41.2 Å². The largest absolute Gasteiger partial charge is 0.435 e. The van der Waals surface area contributed by atoms with Gasteiger partial charge in [0.1, 0.15) is 10.4 Å². The molecule has 4 heterocycles. The summed E-state index contributed by atoms with van der Waals surface area (Å²) in [5, 5.41) is 6.86. The number of hydrogen-bond acceptors (Lipinski definition) is 7. The Kier molecular flexibility index (Phi) is 5.65. The van der Waals surface area contributed by atoms with Crippen LogP contribution in [0, 0.1) is 0 Å². The highest BCUT2D eigenvalue weighted by Gasteiger charge is 2.34. The van der Waals surface area contributed by atoms with Crippen molar-refractivity contribution >= 4 is 20.7 Å². The summed E-state index contributed by atoms with van der Waals surface area (Å²) in [4.78, 5) is 19.8. The van der Waals surface area contributed by atoms with E-state index in [1.165, 1.54) is 6.92 Å². The van der Waals surface area contributed by atoms with Crippen LogP contribution in [0.5, 0.6) is 0 Å². The van der Waals surface area contributed by atoms with Gasteiger partial charge in [-0.25, -0.2) is 23.1 Å². The van der Waals surface area contributed by atoms with Crippen LogP contribution in [0.4, 0.5) is 26.3 Å². The van der Waals surface area contributed by atoms with Crippen molar-refractivity contribution in [3.05, 3.63) is 64.6 Å². The molecule has 4 rings (SSSR count). The molecule has 35 heavy (non-hydrogen) atoms. The molecule has 0 bridgehead atoms. The predicted molar refractivity (Wildman–Crippen MR) is 108 cm³/mol. The minimum atomic E-state index is -4.74. The Labute approximate surface area is 191 Å². The standard InChI is InChI=1S/C19H12F6N6O3S/c1-2-35(33,34)13-6-12(30-4-3-14(29-30)19(23,24)25)9-27-16(13)31-17(32)15-10(7-28-31)5-11(8-26-15)18(20,21)22/h3-9H,2H2,1H3. The van der Waals surface area contributed by atoms with Crippen LogP contribution in [-0.4, -0.2) is 43.7 Å². The first-order valence-electron chi connectivity index (χ1n) is 9.54. The molecule has 0 N–H and O–H groups in total. The lowest BCUT2D eigenvalue weighted by Gasteiger charge is -2.13. The molecule has 0 spiro atoms. The normalized spacial score (nSPS) is 12.9. The van der Waals surface area contributed by atoms with Crippen molar-refractivity contribution < 1.29 is 34.8 Å². The number of sulfone groups is 1. The van der Waals surface area contributed by atoms with Gasteiger partial charge in [-0.1, -0.05) is 6.92 Å². The van der Waals surface area contributed by atoms with E-state index >= 15 is 0 Å². The first-order chi connectivity index (χ1) is 16.2. The lowest BCUT2D eigenvalue weighted by molar-refractivity contribution is -0.141. The summed E-state index contributed by atoms with van der Waals surface area (Å²) in [6.45, 7) is 1.29. The summed E-state index contributed by atoms with van der Waals surface area (Å²) in [6.07, 6.45) is -6.20. The molecule has 4 aromatic rings. The van der Waals surface area contributed by atoms with Crippen molar-refractivity contribution in [2.45, 2.75) is 24.2 Å². The van der Waals surface area contributed by atoms with Gasteiger partial charge in [-0.05, 0) is 18.2 Å². The van der Waals surface area contributed by atoms with Crippen LogP contribution >= 0.6 is 0 Å². The number of rotatable bonds is 4. The third-order valence-electron chi connectivity index (χ3n) is 4.83. The average Bonchev–Trinajstić information content (AvgIpc) is 3.29. The molecule has 0 saturated carbocycles. The van der Waals surface area contributed by atoms with E-state index < -0.39 is 61.0 Å². The lowest BCUT2D eigenvalue weighted by atomic mass is 10.2. The third kappa shape index (κ3) is 4.48. The highest BCUT2D eigenvalue weighted by Crippen LogP contribution is 2.30. The van der Waals surface area contributed by atoms with Crippen LogP contribution in [0.1, 0.15) is 18.2 Å². The summed E-state index contributed by atoms with van der Waals surface area (Å²) in [7, 11) is -4.12. The molecule has 0 radical (unpaired) electrons. The van der Waals surface area contributed by atoms with Crippen LogP contribution in [0.3, 0.4) is 0 Å². The van der Waals surface area contributed by atoms with Gasteiger partial charge in [0.2, 0.25) is 0 Å². The zero-order valence-electron chi connectivity index (χ0n) is 17.3. The fourth-order valence-corrected chi connectivity index (χ4v) is 4.08. The van der Waals surface area contributed by atoms with Crippen LogP contribution in [0.2, 0.25) is 0 Å². The van der Waals surface area contributed by atoms with Crippen LogP contribution in [-0.2, 0) is 22.2 Å². The third-order valence-corrected chi connectivity index (χ3v) is 6.56. The Bertz CT molecular complexity index is 1610. The summed E-state index contributed by atoms with van der Waals surface area (Å²) in [6, 6.07) is 2.31. The SMILES string of the molecule is CCS(=O)(=O)c1cc(-n2ccc(C(F)(F)F)n2)cnc1-n1ncc2cc(C(F)(F)F)cnc2c1=O. The van der Waals surface area contributed by atoms with E-state index in [-0.39, 0.29) is 11.1 Å². The van der Waals surface area contributed by atoms with E-state index in [9.17, 15) is 39.6 Å². The number of alkyl halides is 6. The number of hydrogen-bond donors (Lipinski definition) is 0. The van der Waals surface area contributed by atoms with Gasteiger partial charge < -0.3 is 0 Å². The zero-order chi connectivity index (χ0) is 25.8. The zero-order valence-corrected chi connectivity index (χ0v) is 18.1. The molecule has 0 amide bonds. The number of halogens is 6. The van der Waals surface area contributed by atoms with Crippen LogP contribution in [0.15, 0.2) is 52.7 Å². The van der Waals surface area contributed by atoms with Crippen molar-refractivity contribution in [2.75, 3.05) is 5.75 Å². The predicted octanol–water partition coefficient (Wildman–Crippen LogP) is 3.19. The van der Waals surface area contributed by atoms with E-state index in [2.05, 4.69) is 20.2 Å². The number of aromatic nitrogens is 6. The molecular formula is C19H12F6N6O3S. The first kappa shape index (κ1) is 24.3. The molecule has 0 fully saturated rings. The van der Waals surface area contributed by atoms with Gasteiger partial charge >= 0.3 is 12.4 Å². The van der Waals surface area contributed by atoms with Gasteiger partial charge in [0.05, 0.1) is 29.4 Å². The molecule has 0 saturated heterocycles. The number of nitrogens with zero attached hydrogens (tertiary/aromatic N) is 6. The lowest BCUT2D eigenvalue weighted by Crippen LogP contribution is -2.25. The first-order valence-corrected chi connectivity index (χ1v) is 11.2. The second-order valence-corrected chi connectivity index (χ2v) is 9.33. The van der Waals surface area contributed by atoms with Gasteiger partial charge in [-0.15, -0.1) is 0 Å². The Morgan fingerprint density at radius 3 is 2.29 bits per heavy atom. The summed E-state index contributed by atoms with van der Waals surface area (Å²) in [5.74, 6) is -0.972. The summed E-state index contributed by atoms with van der Waals surface area (Å²) in [5.41, 5.74) is -3.97. The van der Waals surface area contributed by atoms with E-state index in [4.69, 9.17) is 0 Å². The summed E-state index contributed by atoms with van der Waals surface area (Å²) >= 11 is 0. The quantitative estimate of drug-likeness (QED) is 0.382. The molecule has 0 aromatic carbocycles. The second kappa shape index (κ2) is 8.14. The molecule has 9 nitrogen and oxygen atoms in total. The average molecular weight is 518 g/mol. The van der Waals surface area contributed by atoms with Crippen molar-refractivity contribution in [2.24, 2.45) is 0 Å². The number of fused-ring (bicyclic) bond motifs is 1. The Balaban J connectivity index is 1.90. The molecule has 4 aromatic heterocycles. The smallest absolute Gasteiger partial charge is 0.265 e. The maximum absolute atomic E-state index is 12.9. The van der Waals surface area contributed by atoms with E-state index in [1.54, 1.807) is 0 Å². The molecular weight excluding hydrogens is 506 g/mol. The van der Waals surface area contributed by atoms with Gasteiger partial charge in [0.25, 0.3) is 5.56 Å². The van der Waals surface area contributed by atoms with Crippen molar-refractivity contribution in [3.63, 3.8) is 0 Å². The highest BCUT2D eigenvalue weighted by molar-refractivity contribution is 7.91. The van der Waals surface area contributed by atoms with Crippen LogP contribution < -0.4 is 5.56 Å². The molecule has 0 unspecified atom stereocenters. The fraction of sp³-hybridized carbons (Fsp3) is 0.211. The topological polar surface area (TPSA) is 113 Å². The van der Waals surface area contributed by atoms with Gasteiger partial charge in [-0.3, -0.25) is 4.79 Å². The minimum absolute atomic E-state index is 0.155. The fourth-order valence-electron chi connectivity index (χ4n) is 3.05. The Morgan fingerprint density at radius 2 is 1.69 bits per heavy atom. The van der Waals surface area contributed by atoms with Crippen molar-refractivity contribution in [1.82, 2.24) is 29.5 Å². The van der Waals surface area contributed by atoms with E-state index in [0.29, 0.717) is 23.0 Å². The monoisotopic (exact) mass is 518 g/mol. The van der Waals surface area contributed by atoms with E-state index in [1.807, 2.05) is 0 Å². The number of pyridine rings is 2. The second-order valence-electron chi connectivity index (χ2n) is 7.08. The molecule has 16 heteroatoms.